The third-order valence-corrected chi connectivity index (χ3v) is 9.88. The molecule has 0 aromatic heterocycles. The fourth-order valence-electron chi connectivity index (χ4n) is 7.35. The molecule has 0 amide bonds. The highest BCUT2D eigenvalue weighted by Crippen LogP contribution is 2.50. The molecule has 4 heterocycles. The highest BCUT2D eigenvalue weighted by molar-refractivity contribution is 5.71. The van der Waals surface area contributed by atoms with Crippen molar-refractivity contribution in [2.75, 3.05) is 48.5 Å². The molecule has 0 saturated heterocycles. The number of nitrogens with zero attached hydrogens (tertiary/aromatic N) is 2. The smallest absolute Gasteiger partial charge is 0.308 e. The van der Waals surface area contributed by atoms with Crippen molar-refractivity contribution in [1.82, 2.24) is 9.80 Å². The van der Waals surface area contributed by atoms with Crippen molar-refractivity contribution in [1.29, 1.82) is 0 Å². The molecule has 2 atom stereocenters. The van der Waals surface area contributed by atoms with E-state index >= 15 is 0 Å². The van der Waals surface area contributed by atoms with Crippen molar-refractivity contribution in [3.63, 3.8) is 0 Å². The second-order valence-electron chi connectivity index (χ2n) is 12.8. The van der Waals surface area contributed by atoms with Crippen LogP contribution in [0.2, 0.25) is 0 Å². The second kappa shape index (κ2) is 13.1. The van der Waals surface area contributed by atoms with Gasteiger partial charge in [0, 0.05) is 37.7 Å². The van der Waals surface area contributed by atoms with Crippen LogP contribution < -0.4 is 28.4 Å². The molecule has 0 fully saturated rings. The van der Waals surface area contributed by atoms with Crippen LogP contribution >= 0.6 is 0 Å². The van der Waals surface area contributed by atoms with Crippen molar-refractivity contribution in [3.05, 3.63) is 94.0 Å². The summed E-state index contributed by atoms with van der Waals surface area (Å²) in [6.07, 6.45) is 3.18. The quantitative estimate of drug-likeness (QED) is 0.170. The third-order valence-electron chi connectivity index (χ3n) is 9.88. The maximum Gasteiger partial charge on any atom is 0.308 e. The number of methoxy groups -OCH3 is 3. The van der Waals surface area contributed by atoms with Crippen LogP contribution in [-0.4, -0.2) is 64.3 Å². The van der Waals surface area contributed by atoms with Gasteiger partial charge in [-0.05, 0) is 110 Å². The molecule has 0 aliphatic carbocycles. The van der Waals surface area contributed by atoms with E-state index in [2.05, 4.69) is 54.2 Å². The largest absolute Gasteiger partial charge is 0.493 e. The normalized spacial score (nSPS) is 18.8. The van der Waals surface area contributed by atoms with Crippen molar-refractivity contribution >= 4 is 5.97 Å². The van der Waals surface area contributed by atoms with Crippen LogP contribution in [0.1, 0.15) is 52.4 Å². The first-order valence-electron chi connectivity index (χ1n) is 16.4. The fourth-order valence-corrected chi connectivity index (χ4v) is 7.35. The number of likely N-dealkylation sites (N-methyl/N-ethyl adjacent to an activating group) is 2. The maximum atomic E-state index is 12.2. The van der Waals surface area contributed by atoms with E-state index in [1.54, 1.807) is 21.3 Å². The number of carbonyl (C=O) groups excluding carboxylic acids is 1. The monoisotopic (exact) mass is 650 g/mol. The van der Waals surface area contributed by atoms with Gasteiger partial charge in [0.2, 0.25) is 5.75 Å². The summed E-state index contributed by atoms with van der Waals surface area (Å²) in [5.41, 5.74) is 6.83. The van der Waals surface area contributed by atoms with Gasteiger partial charge in [0.1, 0.15) is 5.75 Å². The molecule has 0 N–H and O–H groups in total. The Morgan fingerprint density at radius 2 is 1.35 bits per heavy atom. The number of esters is 1. The van der Waals surface area contributed by atoms with E-state index in [4.69, 9.17) is 28.4 Å². The fraction of sp³-hybridized carbons (Fsp3) is 0.359. The van der Waals surface area contributed by atoms with Gasteiger partial charge in [-0.15, -0.1) is 0 Å². The molecular weight excluding hydrogens is 608 g/mol. The van der Waals surface area contributed by atoms with Gasteiger partial charge in [-0.1, -0.05) is 18.2 Å². The van der Waals surface area contributed by atoms with Crippen LogP contribution in [0.5, 0.6) is 46.0 Å². The standard InChI is InChI=1S/C39H42N2O7/c1-23(42)46-32-12-9-25-18-31-37-27(14-16-41(31)3)21-36(44-5)38(45-6)39(37)47-28-10-7-24(8-11-28)17-30-29-22-35(48-34(32)19-25)33(43-4)20-26(29)13-15-40(30)2/h7-12,19-22,30-31H,13-18H2,1-6H3/t30-,31-/m1/s1. The van der Waals surface area contributed by atoms with Crippen LogP contribution in [0.3, 0.4) is 0 Å². The minimum atomic E-state index is -0.421. The summed E-state index contributed by atoms with van der Waals surface area (Å²) in [6, 6.07) is 20.4. The van der Waals surface area contributed by atoms with Gasteiger partial charge in [-0.25, -0.2) is 0 Å². The van der Waals surface area contributed by atoms with Crippen molar-refractivity contribution in [2.24, 2.45) is 0 Å². The number of carbonyl (C=O) groups is 1. The molecule has 0 unspecified atom stereocenters. The zero-order valence-corrected chi connectivity index (χ0v) is 28.4. The van der Waals surface area contributed by atoms with E-state index in [1.807, 2.05) is 30.3 Å². The predicted octanol–water partition coefficient (Wildman–Crippen LogP) is 7.08. The first-order chi connectivity index (χ1) is 23.3. The Morgan fingerprint density at radius 1 is 0.708 bits per heavy atom. The van der Waals surface area contributed by atoms with E-state index in [0.29, 0.717) is 46.7 Å². The lowest BCUT2D eigenvalue weighted by atomic mass is 9.87. The average Bonchev–Trinajstić information content (AvgIpc) is 3.08. The van der Waals surface area contributed by atoms with E-state index in [0.717, 1.165) is 54.8 Å². The second-order valence-corrected chi connectivity index (χ2v) is 12.8. The van der Waals surface area contributed by atoms with Crippen LogP contribution in [0.4, 0.5) is 0 Å². The van der Waals surface area contributed by atoms with Gasteiger partial charge < -0.3 is 28.4 Å². The Balaban J connectivity index is 1.44. The lowest BCUT2D eigenvalue weighted by Crippen LogP contribution is -2.34. The lowest BCUT2D eigenvalue weighted by Gasteiger charge is -2.37. The molecule has 9 heteroatoms. The molecule has 9 nitrogen and oxygen atoms in total. The SMILES string of the molecule is COc1cc2c3cc1Oc1cc(ccc1OC(C)=O)C[C@@H]1c4c(cc(OC)c(OC)c4Oc4ccc(cc4)C[C@H]3N(C)CC2)CCN1C. The number of ether oxygens (including phenoxy) is 6. The molecule has 0 spiro atoms. The molecular formula is C39H42N2O7. The first-order valence-corrected chi connectivity index (χ1v) is 16.4. The van der Waals surface area contributed by atoms with Crippen molar-refractivity contribution in [2.45, 2.75) is 44.7 Å². The molecule has 4 aromatic rings. The van der Waals surface area contributed by atoms with Gasteiger partial charge in [0.05, 0.1) is 21.3 Å². The van der Waals surface area contributed by atoms with Gasteiger partial charge >= 0.3 is 5.97 Å². The summed E-state index contributed by atoms with van der Waals surface area (Å²) in [5, 5.41) is 0. The highest BCUT2D eigenvalue weighted by Gasteiger charge is 2.34. The van der Waals surface area contributed by atoms with Gasteiger partial charge in [-0.3, -0.25) is 14.6 Å². The molecule has 6 bridgehead atoms. The Kier molecular flexibility index (Phi) is 8.66. The molecule has 4 aliphatic rings. The minimum absolute atomic E-state index is 0.0521. The number of hydrogen-bond acceptors (Lipinski definition) is 9. The first kappa shape index (κ1) is 31.8. The Hall–Kier alpha value is -4.73. The highest BCUT2D eigenvalue weighted by atomic mass is 16.6. The number of fused-ring (bicyclic) bond motifs is 2. The van der Waals surface area contributed by atoms with Crippen LogP contribution in [-0.2, 0) is 30.5 Å². The zero-order chi connectivity index (χ0) is 33.5. The Bertz CT molecular complexity index is 1850. The van der Waals surface area contributed by atoms with Gasteiger partial charge in [0.25, 0.3) is 0 Å². The minimum Gasteiger partial charge on any atom is -0.493 e. The Labute approximate surface area is 281 Å². The number of rotatable bonds is 4. The van der Waals surface area contributed by atoms with E-state index in [9.17, 15) is 4.79 Å². The molecule has 4 aromatic carbocycles. The maximum absolute atomic E-state index is 12.2. The van der Waals surface area contributed by atoms with Crippen LogP contribution in [0, 0.1) is 0 Å². The van der Waals surface area contributed by atoms with E-state index in [1.165, 1.54) is 23.6 Å². The molecule has 8 rings (SSSR count). The molecule has 4 aliphatic heterocycles. The lowest BCUT2D eigenvalue weighted by molar-refractivity contribution is -0.132. The molecule has 0 radical (unpaired) electrons. The summed E-state index contributed by atoms with van der Waals surface area (Å²) in [5.74, 6) is 4.17. The van der Waals surface area contributed by atoms with E-state index in [-0.39, 0.29) is 12.1 Å². The molecule has 48 heavy (non-hydrogen) atoms. The summed E-state index contributed by atoms with van der Waals surface area (Å²) >= 11 is 0. The average molecular weight is 651 g/mol. The molecule has 0 saturated carbocycles. The summed E-state index contributed by atoms with van der Waals surface area (Å²) in [7, 11) is 9.25. The van der Waals surface area contributed by atoms with Gasteiger partial charge in [-0.2, -0.15) is 0 Å². The summed E-state index contributed by atoms with van der Waals surface area (Å²) in [6.45, 7) is 3.18. The number of hydrogen-bond donors (Lipinski definition) is 0. The zero-order valence-electron chi connectivity index (χ0n) is 28.4. The van der Waals surface area contributed by atoms with Crippen molar-refractivity contribution < 1.29 is 33.2 Å². The van der Waals surface area contributed by atoms with Crippen molar-refractivity contribution in [3.8, 4) is 46.0 Å². The van der Waals surface area contributed by atoms with Crippen LogP contribution in [0.25, 0.3) is 0 Å². The topological polar surface area (TPSA) is 78.9 Å². The van der Waals surface area contributed by atoms with Gasteiger partial charge in [0.15, 0.2) is 34.5 Å². The Morgan fingerprint density at radius 3 is 2.06 bits per heavy atom. The summed E-state index contributed by atoms with van der Waals surface area (Å²) in [4.78, 5) is 16.9. The summed E-state index contributed by atoms with van der Waals surface area (Å²) < 4.78 is 36.7. The third kappa shape index (κ3) is 5.93. The number of benzene rings is 4. The van der Waals surface area contributed by atoms with E-state index < -0.39 is 5.97 Å². The molecule has 250 valence electrons. The van der Waals surface area contributed by atoms with Crippen LogP contribution in [0.15, 0.2) is 60.7 Å². The predicted molar refractivity (Wildman–Crippen MR) is 182 cm³/mol.